The Bertz CT molecular complexity index is 668. The van der Waals surface area contributed by atoms with Gasteiger partial charge in [-0.05, 0) is 35.8 Å². The Morgan fingerprint density at radius 2 is 2.23 bits per heavy atom. The molecule has 4 rings (SSSR count). The normalized spacial score (nSPS) is 22.7. The van der Waals surface area contributed by atoms with Crippen molar-refractivity contribution >= 4 is 22.8 Å². The molecule has 0 unspecified atom stereocenters. The molecular weight excluding hydrogens is 294 g/mol. The van der Waals surface area contributed by atoms with Gasteiger partial charge in [-0.25, -0.2) is 0 Å². The fraction of sp³-hybridized carbons (Fsp3) is 0.412. The molecular formula is C17H19N3OS. The zero-order chi connectivity index (χ0) is 14.9. The van der Waals surface area contributed by atoms with Gasteiger partial charge in [-0.15, -0.1) is 0 Å². The predicted molar refractivity (Wildman–Crippen MR) is 89.7 cm³/mol. The maximum Gasteiger partial charge on any atom is 0.226 e. The van der Waals surface area contributed by atoms with Gasteiger partial charge in [-0.2, -0.15) is 0 Å². The van der Waals surface area contributed by atoms with Crippen LogP contribution in [0.25, 0.3) is 0 Å². The molecule has 22 heavy (non-hydrogen) atoms. The quantitative estimate of drug-likeness (QED) is 0.931. The maximum atomic E-state index is 12.3. The molecule has 2 aliphatic heterocycles. The second-order valence-electron chi connectivity index (χ2n) is 6.00. The third kappa shape index (κ3) is 2.65. The summed E-state index contributed by atoms with van der Waals surface area (Å²) in [7, 11) is 0. The first-order valence-corrected chi connectivity index (χ1v) is 8.71. The Morgan fingerprint density at radius 1 is 1.36 bits per heavy atom. The molecule has 0 saturated heterocycles. The molecule has 0 saturated carbocycles. The predicted octanol–water partition coefficient (Wildman–Crippen LogP) is 2.31. The van der Waals surface area contributed by atoms with E-state index < -0.39 is 0 Å². The van der Waals surface area contributed by atoms with E-state index in [9.17, 15) is 4.79 Å². The summed E-state index contributed by atoms with van der Waals surface area (Å²) >= 11 is 1.63. The van der Waals surface area contributed by atoms with Crippen molar-refractivity contribution in [2.75, 3.05) is 13.1 Å². The second kappa shape index (κ2) is 5.80. The Labute approximate surface area is 134 Å². The van der Waals surface area contributed by atoms with Crippen LogP contribution in [-0.4, -0.2) is 35.1 Å². The van der Waals surface area contributed by atoms with Crippen LogP contribution in [0.15, 0.2) is 40.4 Å². The molecule has 1 N–H and O–H groups in total. The van der Waals surface area contributed by atoms with E-state index >= 15 is 0 Å². The number of aryl methyl sites for hydroxylation is 1. The van der Waals surface area contributed by atoms with Crippen LogP contribution in [0.5, 0.6) is 0 Å². The number of nitrogens with one attached hydrogen (secondary N) is 1. The van der Waals surface area contributed by atoms with E-state index in [0.717, 1.165) is 43.2 Å². The zero-order valence-corrected chi connectivity index (χ0v) is 13.2. The van der Waals surface area contributed by atoms with Gasteiger partial charge in [-0.3, -0.25) is 9.79 Å². The smallest absolute Gasteiger partial charge is 0.226 e. The van der Waals surface area contributed by atoms with E-state index in [1.54, 1.807) is 11.8 Å². The number of nitrogens with zero attached hydrogens (tertiary/aromatic N) is 2. The van der Waals surface area contributed by atoms with Crippen LogP contribution in [0.4, 0.5) is 0 Å². The van der Waals surface area contributed by atoms with Crippen LogP contribution in [0.2, 0.25) is 0 Å². The summed E-state index contributed by atoms with van der Waals surface area (Å²) in [6.07, 6.45) is 3.51. The number of rotatable bonds is 3. The minimum absolute atomic E-state index is 0.129. The van der Waals surface area contributed by atoms with Crippen molar-refractivity contribution in [3.8, 4) is 0 Å². The van der Waals surface area contributed by atoms with Crippen molar-refractivity contribution in [3.05, 3.63) is 46.5 Å². The van der Waals surface area contributed by atoms with Gasteiger partial charge in [0.2, 0.25) is 5.91 Å². The Balaban J connectivity index is 1.35. The van der Waals surface area contributed by atoms with E-state index in [1.807, 2.05) is 0 Å². The molecule has 3 aliphatic rings. The molecule has 5 heteroatoms. The highest BCUT2D eigenvalue weighted by Crippen LogP contribution is 2.30. The van der Waals surface area contributed by atoms with E-state index in [-0.39, 0.29) is 11.9 Å². The van der Waals surface area contributed by atoms with Crippen LogP contribution in [0, 0.1) is 0 Å². The highest BCUT2D eigenvalue weighted by atomic mass is 32.2. The lowest BCUT2D eigenvalue weighted by Gasteiger charge is -2.26. The highest BCUT2D eigenvalue weighted by Gasteiger charge is 2.28. The maximum absolute atomic E-state index is 12.3. The molecule has 4 nitrogen and oxygen atoms in total. The summed E-state index contributed by atoms with van der Waals surface area (Å²) in [5.41, 5.74) is 3.90. The number of amides is 1. The fourth-order valence-corrected chi connectivity index (χ4v) is 4.33. The molecule has 114 valence electrons. The highest BCUT2D eigenvalue weighted by molar-refractivity contribution is 8.16. The van der Waals surface area contributed by atoms with Crippen LogP contribution in [0.1, 0.15) is 24.0 Å². The van der Waals surface area contributed by atoms with Crippen molar-refractivity contribution in [1.29, 1.82) is 0 Å². The summed E-state index contributed by atoms with van der Waals surface area (Å²) in [5, 5.41) is 6.32. The molecule has 1 aromatic rings. The summed E-state index contributed by atoms with van der Waals surface area (Å²) in [6.45, 7) is 1.76. The standard InChI is InChI=1S/C17H19N3OS/c21-16(10-15-11-22-17-18-7-8-20(15)17)19-14-6-5-12-3-1-2-4-13(12)9-14/h1-4,11,14H,5-10H2,(H,19,21)/t14-/m0/s1. The van der Waals surface area contributed by atoms with Crippen molar-refractivity contribution in [1.82, 2.24) is 10.2 Å². The number of carbonyl (C=O) groups excluding carboxylic acids is 1. The molecule has 0 aromatic heterocycles. The van der Waals surface area contributed by atoms with Crippen LogP contribution in [0.3, 0.4) is 0 Å². The molecule has 0 fully saturated rings. The molecule has 1 amide bonds. The Morgan fingerprint density at radius 3 is 3.14 bits per heavy atom. The van der Waals surface area contributed by atoms with E-state index in [4.69, 9.17) is 0 Å². The van der Waals surface area contributed by atoms with Gasteiger partial charge in [0.1, 0.15) is 0 Å². The van der Waals surface area contributed by atoms with Crippen molar-refractivity contribution in [3.63, 3.8) is 0 Å². The minimum atomic E-state index is 0.129. The summed E-state index contributed by atoms with van der Waals surface area (Å²) in [6, 6.07) is 8.82. The number of amidine groups is 1. The SMILES string of the molecule is O=C(CC1=CSC2=NCCN12)N[C@H]1CCc2ccccc2C1. The zero-order valence-electron chi connectivity index (χ0n) is 12.4. The lowest BCUT2D eigenvalue weighted by Crippen LogP contribution is -2.39. The van der Waals surface area contributed by atoms with Gasteiger partial charge >= 0.3 is 0 Å². The number of aliphatic imine (C=N–C) groups is 1. The average molecular weight is 313 g/mol. The Hall–Kier alpha value is -1.75. The number of hydrogen-bond acceptors (Lipinski definition) is 4. The van der Waals surface area contributed by atoms with Gasteiger partial charge in [-0.1, -0.05) is 36.0 Å². The molecule has 0 bridgehead atoms. The first-order chi connectivity index (χ1) is 10.8. The first kappa shape index (κ1) is 13.9. The largest absolute Gasteiger partial charge is 0.353 e. The molecule has 1 aliphatic carbocycles. The Kier molecular flexibility index (Phi) is 3.66. The number of hydrogen-bond donors (Lipinski definition) is 1. The molecule has 1 aromatic carbocycles. The monoisotopic (exact) mass is 313 g/mol. The number of benzene rings is 1. The van der Waals surface area contributed by atoms with Gasteiger partial charge in [0.25, 0.3) is 0 Å². The minimum Gasteiger partial charge on any atom is -0.353 e. The van der Waals surface area contributed by atoms with Crippen LogP contribution in [-0.2, 0) is 17.6 Å². The average Bonchev–Trinajstić information content (AvgIpc) is 3.12. The first-order valence-electron chi connectivity index (χ1n) is 7.83. The third-order valence-electron chi connectivity index (χ3n) is 4.50. The van der Waals surface area contributed by atoms with Gasteiger partial charge < -0.3 is 10.2 Å². The van der Waals surface area contributed by atoms with E-state index in [1.165, 1.54) is 11.1 Å². The van der Waals surface area contributed by atoms with E-state index in [2.05, 4.69) is 44.9 Å². The summed E-state index contributed by atoms with van der Waals surface area (Å²) in [4.78, 5) is 18.9. The van der Waals surface area contributed by atoms with Crippen LogP contribution >= 0.6 is 11.8 Å². The molecule has 0 spiro atoms. The van der Waals surface area contributed by atoms with Gasteiger partial charge in [0, 0.05) is 18.3 Å². The molecule has 1 atom stereocenters. The summed E-state index contributed by atoms with van der Waals surface area (Å²) < 4.78 is 0. The molecule has 2 heterocycles. The third-order valence-corrected chi connectivity index (χ3v) is 5.45. The number of thioether (sulfide) groups is 1. The van der Waals surface area contributed by atoms with Crippen molar-refractivity contribution < 1.29 is 4.79 Å². The lowest BCUT2D eigenvalue weighted by atomic mass is 9.88. The fourth-order valence-electron chi connectivity index (χ4n) is 3.38. The summed E-state index contributed by atoms with van der Waals surface area (Å²) in [5.74, 6) is 0.129. The number of carbonyl (C=O) groups is 1. The topological polar surface area (TPSA) is 44.7 Å². The van der Waals surface area contributed by atoms with Crippen LogP contribution < -0.4 is 5.32 Å². The van der Waals surface area contributed by atoms with Crippen molar-refractivity contribution in [2.45, 2.75) is 31.7 Å². The second-order valence-corrected chi connectivity index (χ2v) is 6.83. The van der Waals surface area contributed by atoms with Gasteiger partial charge in [0.15, 0.2) is 5.17 Å². The lowest BCUT2D eigenvalue weighted by molar-refractivity contribution is -0.121. The number of fused-ring (bicyclic) bond motifs is 2. The van der Waals surface area contributed by atoms with E-state index in [0.29, 0.717) is 6.42 Å². The van der Waals surface area contributed by atoms with Crippen molar-refractivity contribution in [2.24, 2.45) is 4.99 Å². The molecule has 0 radical (unpaired) electrons. The van der Waals surface area contributed by atoms with Gasteiger partial charge in [0.05, 0.1) is 13.0 Å².